The first-order valence-electron chi connectivity index (χ1n) is 18.6. The highest BCUT2D eigenvalue weighted by atomic mass is 15.1. The Morgan fingerprint density at radius 3 is 1.52 bits per heavy atom. The molecule has 0 amide bonds. The maximum atomic E-state index is 2.42. The van der Waals surface area contributed by atoms with E-state index in [1.165, 1.54) is 76.0 Å². The van der Waals surface area contributed by atoms with Crippen LogP contribution in [-0.4, -0.2) is 4.57 Å². The predicted molar refractivity (Wildman–Crippen MR) is 231 cm³/mol. The van der Waals surface area contributed by atoms with Gasteiger partial charge in [0.1, 0.15) is 0 Å². The summed E-state index contributed by atoms with van der Waals surface area (Å²) in [6.45, 7) is 0. The summed E-state index contributed by atoms with van der Waals surface area (Å²) in [5, 5.41) is 12.6. The number of anilines is 3. The van der Waals surface area contributed by atoms with Gasteiger partial charge in [-0.15, -0.1) is 0 Å². The highest BCUT2D eigenvalue weighted by molar-refractivity contribution is 6.26. The lowest BCUT2D eigenvalue weighted by atomic mass is 9.94. The molecule has 0 saturated heterocycles. The van der Waals surface area contributed by atoms with Gasteiger partial charge in [-0.25, -0.2) is 0 Å². The highest BCUT2D eigenvalue weighted by Crippen LogP contribution is 2.43. The van der Waals surface area contributed by atoms with Crippen molar-refractivity contribution in [2.45, 2.75) is 0 Å². The van der Waals surface area contributed by atoms with Crippen LogP contribution in [0.25, 0.3) is 81.7 Å². The molecule has 0 spiro atoms. The van der Waals surface area contributed by atoms with Crippen LogP contribution in [0.5, 0.6) is 0 Å². The Bertz CT molecular complexity index is 3170. The third-order valence-electron chi connectivity index (χ3n) is 11.1. The Balaban J connectivity index is 1.16. The Hall–Kier alpha value is -7.16. The monoisotopic (exact) mass is 686 g/mol. The van der Waals surface area contributed by atoms with Gasteiger partial charge in [0, 0.05) is 33.5 Å². The van der Waals surface area contributed by atoms with Crippen LogP contribution in [0.3, 0.4) is 0 Å². The predicted octanol–water partition coefficient (Wildman–Crippen LogP) is 14.5. The lowest BCUT2D eigenvalue weighted by Gasteiger charge is -2.27. The van der Waals surface area contributed by atoms with Gasteiger partial charge in [0.15, 0.2) is 0 Å². The summed E-state index contributed by atoms with van der Waals surface area (Å²) < 4.78 is 2.40. The van der Waals surface area contributed by atoms with Crippen LogP contribution in [0.2, 0.25) is 0 Å². The fraction of sp³-hybridized carbons (Fsp3) is 0. The molecule has 2 heteroatoms. The van der Waals surface area contributed by atoms with Crippen LogP contribution >= 0.6 is 0 Å². The fourth-order valence-corrected chi connectivity index (χ4v) is 8.70. The molecule has 0 saturated carbocycles. The van der Waals surface area contributed by atoms with Crippen LogP contribution in [0.15, 0.2) is 206 Å². The summed E-state index contributed by atoms with van der Waals surface area (Å²) in [5.41, 5.74) is 9.28. The highest BCUT2D eigenvalue weighted by Gasteiger charge is 2.19. The molecule has 2 nitrogen and oxygen atoms in total. The molecule has 1 heterocycles. The molecule has 0 aliphatic heterocycles. The summed E-state index contributed by atoms with van der Waals surface area (Å²) in [4.78, 5) is 2.42. The number of nitrogens with zero attached hydrogens (tertiary/aromatic N) is 2. The third-order valence-corrected chi connectivity index (χ3v) is 11.1. The van der Waals surface area contributed by atoms with E-state index in [4.69, 9.17) is 0 Å². The van der Waals surface area contributed by atoms with Crippen molar-refractivity contribution in [3.05, 3.63) is 206 Å². The molecule has 0 unspecified atom stereocenters. The van der Waals surface area contributed by atoms with Crippen molar-refractivity contribution >= 4 is 82.0 Å². The van der Waals surface area contributed by atoms with E-state index in [1.54, 1.807) is 0 Å². The average molecular weight is 687 g/mol. The van der Waals surface area contributed by atoms with E-state index >= 15 is 0 Å². The first-order valence-corrected chi connectivity index (χ1v) is 18.6. The van der Waals surface area contributed by atoms with Gasteiger partial charge in [-0.2, -0.15) is 0 Å². The van der Waals surface area contributed by atoms with Crippen LogP contribution in [0.4, 0.5) is 17.1 Å². The summed E-state index contributed by atoms with van der Waals surface area (Å²) in [6.07, 6.45) is 0. The van der Waals surface area contributed by atoms with Gasteiger partial charge in [0.05, 0.1) is 11.0 Å². The van der Waals surface area contributed by atoms with E-state index in [9.17, 15) is 0 Å². The Labute approximate surface area is 313 Å². The van der Waals surface area contributed by atoms with E-state index in [1.807, 2.05) is 0 Å². The molecule has 252 valence electrons. The zero-order valence-electron chi connectivity index (χ0n) is 29.5. The number of rotatable bonds is 5. The van der Waals surface area contributed by atoms with Crippen molar-refractivity contribution in [3.63, 3.8) is 0 Å². The maximum absolute atomic E-state index is 2.42. The largest absolute Gasteiger partial charge is 0.310 e. The van der Waals surface area contributed by atoms with Crippen LogP contribution in [-0.2, 0) is 0 Å². The van der Waals surface area contributed by atoms with E-state index in [0.29, 0.717) is 0 Å². The maximum Gasteiger partial charge on any atom is 0.0561 e. The number of hydrogen-bond acceptors (Lipinski definition) is 1. The molecular weight excluding hydrogens is 653 g/mol. The normalized spacial score (nSPS) is 11.7. The first-order chi connectivity index (χ1) is 26.8. The lowest BCUT2D eigenvalue weighted by Crippen LogP contribution is -2.10. The minimum atomic E-state index is 1.10. The van der Waals surface area contributed by atoms with Crippen molar-refractivity contribution in [1.82, 2.24) is 4.57 Å². The molecule has 0 atom stereocenters. The molecule has 0 fully saturated rings. The van der Waals surface area contributed by atoms with Crippen LogP contribution < -0.4 is 4.90 Å². The first kappa shape index (κ1) is 30.5. The van der Waals surface area contributed by atoms with Crippen molar-refractivity contribution in [1.29, 1.82) is 0 Å². The summed E-state index contributed by atoms with van der Waals surface area (Å²) >= 11 is 0. The van der Waals surface area contributed by atoms with Crippen molar-refractivity contribution in [2.75, 3.05) is 4.90 Å². The number of aromatic nitrogens is 1. The quantitative estimate of drug-likeness (QED) is 0.164. The molecule has 0 N–H and O–H groups in total. The molecule has 0 bridgehead atoms. The SMILES string of the molecule is c1ccc(-n2c3ccccc3c3ccc(N(c4ccc(-c5cccc6ccccc56)cc4)c4ccc5c6ccccc6c6ccccc6c5c4)cc32)cc1. The van der Waals surface area contributed by atoms with Gasteiger partial charge >= 0.3 is 0 Å². The lowest BCUT2D eigenvalue weighted by molar-refractivity contribution is 1.18. The number of fused-ring (bicyclic) bond motifs is 10. The van der Waals surface area contributed by atoms with Gasteiger partial charge < -0.3 is 9.47 Å². The van der Waals surface area contributed by atoms with Crippen molar-refractivity contribution in [2.24, 2.45) is 0 Å². The van der Waals surface area contributed by atoms with E-state index in [2.05, 4.69) is 216 Å². The number of hydrogen-bond donors (Lipinski definition) is 0. The van der Waals surface area contributed by atoms with Crippen molar-refractivity contribution in [3.8, 4) is 16.8 Å². The second-order valence-electron chi connectivity index (χ2n) is 14.1. The average Bonchev–Trinajstić information content (AvgIpc) is 3.58. The van der Waals surface area contributed by atoms with Gasteiger partial charge in [-0.05, 0) is 109 Å². The Kier molecular flexibility index (Phi) is 6.90. The molecule has 10 aromatic carbocycles. The molecular formula is C52H34N2. The zero-order valence-corrected chi connectivity index (χ0v) is 29.5. The minimum absolute atomic E-state index is 1.10. The molecule has 11 aromatic rings. The smallest absolute Gasteiger partial charge is 0.0561 e. The van der Waals surface area contributed by atoms with Gasteiger partial charge in [0.25, 0.3) is 0 Å². The summed E-state index contributed by atoms with van der Waals surface area (Å²) in [5.74, 6) is 0. The van der Waals surface area contributed by atoms with Gasteiger partial charge in [0.2, 0.25) is 0 Å². The minimum Gasteiger partial charge on any atom is -0.310 e. The topological polar surface area (TPSA) is 8.17 Å². The Morgan fingerprint density at radius 1 is 0.296 bits per heavy atom. The molecule has 1 aromatic heterocycles. The molecule has 11 rings (SSSR count). The van der Waals surface area contributed by atoms with Crippen LogP contribution in [0, 0.1) is 0 Å². The molecule has 54 heavy (non-hydrogen) atoms. The van der Waals surface area contributed by atoms with E-state index in [-0.39, 0.29) is 0 Å². The van der Waals surface area contributed by atoms with Crippen LogP contribution in [0.1, 0.15) is 0 Å². The second kappa shape index (κ2) is 12.2. The fourth-order valence-electron chi connectivity index (χ4n) is 8.70. The van der Waals surface area contributed by atoms with E-state index in [0.717, 1.165) is 22.7 Å². The molecule has 0 aliphatic rings. The molecule has 0 aliphatic carbocycles. The van der Waals surface area contributed by atoms with Crippen molar-refractivity contribution < 1.29 is 0 Å². The summed E-state index contributed by atoms with van der Waals surface area (Å²) in [6, 6.07) is 75.3. The number of benzene rings is 10. The van der Waals surface area contributed by atoms with Gasteiger partial charge in [-0.1, -0.05) is 152 Å². The summed E-state index contributed by atoms with van der Waals surface area (Å²) in [7, 11) is 0. The standard InChI is InChI=1S/C52H34N2/c1-2-15-37(16-3-1)54-51-24-11-10-22-48(51)49-32-30-40(34-52(49)54)53(38-27-25-36(26-28-38)42-23-12-14-35-13-4-5-17-41(35)42)39-29-31-47-45-20-7-6-18-43(45)44-19-8-9-21-46(44)50(47)33-39/h1-34H. The van der Waals surface area contributed by atoms with Gasteiger partial charge in [-0.3, -0.25) is 0 Å². The Morgan fingerprint density at radius 2 is 0.796 bits per heavy atom. The molecule has 0 radical (unpaired) electrons. The second-order valence-corrected chi connectivity index (χ2v) is 14.1. The third kappa shape index (κ3) is 4.74. The zero-order chi connectivity index (χ0) is 35.6. The van der Waals surface area contributed by atoms with E-state index < -0.39 is 0 Å². The number of para-hydroxylation sites is 2.